The maximum Gasteiger partial charge on any atom is 0.260 e. The summed E-state index contributed by atoms with van der Waals surface area (Å²) in [6, 6.07) is 4.78. The largest absolute Gasteiger partial charge is 0.480 e. The molecule has 16 heavy (non-hydrogen) atoms. The maximum atomic E-state index is 12.0. The van der Waals surface area contributed by atoms with Gasteiger partial charge in [0.1, 0.15) is 11.6 Å². The third-order valence-corrected chi connectivity index (χ3v) is 2.28. The Balaban J connectivity index is 3.01. The van der Waals surface area contributed by atoms with Gasteiger partial charge in [-0.05, 0) is 19.1 Å². The van der Waals surface area contributed by atoms with Gasteiger partial charge >= 0.3 is 0 Å². The first-order chi connectivity index (χ1) is 7.61. The van der Waals surface area contributed by atoms with Crippen molar-refractivity contribution in [1.29, 1.82) is 5.26 Å². The highest BCUT2D eigenvalue weighted by Crippen LogP contribution is 2.16. The lowest BCUT2D eigenvalue weighted by Gasteiger charge is -2.19. The predicted molar refractivity (Wildman–Crippen MR) is 58.0 cm³/mol. The molecule has 0 fully saturated rings. The molecule has 1 rings (SSSR count). The van der Waals surface area contributed by atoms with Crippen molar-refractivity contribution in [1.82, 2.24) is 9.88 Å². The highest BCUT2D eigenvalue weighted by molar-refractivity contribution is 5.96. The van der Waals surface area contributed by atoms with E-state index in [1.54, 1.807) is 32.3 Å². The zero-order valence-corrected chi connectivity index (χ0v) is 9.47. The number of nitrogens with zero attached hydrogens (tertiary/aromatic N) is 3. The van der Waals surface area contributed by atoms with Crippen LogP contribution < -0.4 is 4.74 Å². The molecule has 0 radical (unpaired) electrons. The van der Waals surface area contributed by atoms with Gasteiger partial charge in [-0.15, -0.1) is 0 Å². The fraction of sp³-hybridized carbons (Fsp3) is 0.364. The van der Waals surface area contributed by atoms with E-state index in [0.717, 1.165) is 0 Å². The zero-order valence-electron chi connectivity index (χ0n) is 9.47. The standard InChI is InChI=1S/C11H13N3O2/c1-8(7-12)14(2)11(15)9-5-4-6-13-10(9)16-3/h4-6,8H,1-3H3. The molecule has 0 saturated heterocycles. The summed E-state index contributed by atoms with van der Waals surface area (Å²) in [5.74, 6) is -0.0107. The van der Waals surface area contributed by atoms with Gasteiger partial charge in [0.25, 0.3) is 5.91 Å². The lowest BCUT2D eigenvalue weighted by Crippen LogP contribution is -2.34. The van der Waals surface area contributed by atoms with Crippen LogP contribution in [0.1, 0.15) is 17.3 Å². The van der Waals surface area contributed by atoms with E-state index in [1.807, 2.05) is 6.07 Å². The van der Waals surface area contributed by atoms with E-state index < -0.39 is 6.04 Å². The summed E-state index contributed by atoms with van der Waals surface area (Å²) in [5.41, 5.74) is 0.356. The van der Waals surface area contributed by atoms with Crippen LogP contribution in [0.2, 0.25) is 0 Å². The minimum atomic E-state index is -0.489. The molecule has 0 aliphatic carbocycles. The fourth-order valence-corrected chi connectivity index (χ4v) is 1.17. The van der Waals surface area contributed by atoms with E-state index in [-0.39, 0.29) is 11.8 Å². The van der Waals surface area contributed by atoms with Crippen molar-refractivity contribution in [2.24, 2.45) is 0 Å². The quantitative estimate of drug-likeness (QED) is 0.762. The number of rotatable bonds is 3. The number of nitriles is 1. The first kappa shape index (κ1) is 12.0. The van der Waals surface area contributed by atoms with Crippen molar-refractivity contribution in [3.8, 4) is 11.9 Å². The number of hydrogen-bond acceptors (Lipinski definition) is 4. The summed E-state index contributed by atoms with van der Waals surface area (Å²) in [6.45, 7) is 1.65. The minimum absolute atomic E-state index is 0.268. The molecule has 1 unspecified atom stereocenters. The molecule has 1 aromatic rings. The van der Waals surface area contributed by atoms with E-state index >= 15 is 0 Å². The van der Waals surface area contributed by atoms with Crippen molar-refractivity contribution in [3.63, 3.8) is 0 Å². The average molecular weight is 219 g/mol. The first-order valence-corrected chi connectivity index (χ1v) is 4.77. The monoisotopic (exact) mass is 219 g/mol. The van der Waals surface area contributed by atoms with E-state index in [9.17, 15) is 4.79 Å². The summed E-state index contributed by atoms with van der Waals surface area (Å²) in [5, 5.41) is 8.74. The van der Waals surface area contributed by atoms with E-state index in [0.29, 0.717) is 5.56 Å². The fourth-order valence-electron chi connectivity index (χ4n) is 1.17. The van der Waals surface area contributed by atoms with E-state index in [2.05, 4.69) is 4.98 Å². The lowest BCUT2D eigenvalue weighted by atomic mass is 10.2. The molecule has 0 saturated carbocycles. The molecule has 1 heterocycles. The van der Waals surface area contributed by atoms with Crippen molar-refractivity contribution >= 4 is 5.91 Å². The van der Waals surface area contributed by atoms with Crippen LogP contribution in [0.5, 0.6) is 5.88 Å². The number of methoxy groups -OCH3 is 1. The second kappa shape index (κ2) is 5.12. The highest BCUT2D eigenvalue weighted by Gasteiger charge is 2.20. The van der Waals surface area contributed by atoms with Crippen LogP contribution in [0.3, 0.4) is 0 Å². The third-order valence-electron chi connectivity index (χ3n) is 2.28. The van der Waals surface area contributed by atoms with Gasteiger partial charge < -0.3 is 9.64 Å². The molecule has 5 heteroatoms. The minimum Gasteiger partial charge on any atom is -0.480 e. The summed E-state index contributed by atoms with van der Waals surface area (Å²) < 4.78 is 4.99. The maximum absolute atomic E-state index is 12.0. The molecule has 0 N–H and O–H groups in total. The Morgan fingerprint density at radius 2 is 2.38 bits per heavy atom. The molecular formula is C11H13N3O2. The Morgan fingerprint density at radius 1 is 1.69 bits per heavy atom. The van der Waals surface area contributed by atoms with Gasteiger partial charge in [0.15, 0.2) is 0 Å². The summed E-state index contributed by atoms with van der Waals surface area (Å²) in [4.78, 5) is 17.3. The Bertz CT molecular complexity index is 425. The lowest BCUT2D eigenvalue weighted by molar-refractivity contribution is 0.0769. The Morgan fingerprint density at radius 3 is 2.94 bits per heavy atom. The van der Waals surface area contributed by atoms with Crippen LogP contribution in [-0.4, -0.2) is 36.0 Å². The van der Waals surface area contributed by atoms with E-state index in [4.69, 9.17) is 10.00 Å². The second-order valence-electron chi connectivity index (χ2n) is 3.28. The number of hydrogen-bond donors (Lipinski definition) is 0. The van der Waals surface area contributed by atoms with Crippen molar-refractivity contribution in [2.45, 2.75) is 13.0 Å². The molecule has 1 amide bonds. The van der Waals surface area contributed by atoms with Crippen LogP contribution in [0.25, 0.3) is 0 Å². The van der Waals surface area contributed by atoms with Crippen LogP contribution in [0, 0.1) is 11.3 Å². The van der Waals surface area contributed by atoms with Crippen LogP contribution in [-0.2, 0) is 0 Å². The Hall–Kier alpha value is -2.09. The normalized spacial score (nSPS) is 11.4. The van der Waals surface area contributed by atoms with Gasteiger partial charge in [-0.25, -0.2) is 4.98 Å². The van der Waals surface area contributed by atoms with Crippen LogP contribution in [0.15, 0.2) is 18.3 Å². The molecule has 0 aromatic carbocycles. The smallest absolute Gasteiger partial charge is 0.260 e. The number of carbonyl (C=O) groups excluding carboxylic acids is 1. The predicted octanol–water partition coefficient (Wildman–Crippen LogP) is 1.07. The molecular weight excluding hydrogens is 206 g/mol. The number of carbonyl (C=O) groups is 1. The molecule has 0 bridgehead atoms. The van der Waals surface area contributed by atoms with Gasteiger partial charge in [0, 0.05) is 13.2 Å². The molecule has 5 nitrogen and oxygen atoms in total. The third kappa shape index (κ3) is 2.28. The summed E-state index contributed by atoms with van der Waals surface area (Å²) in [6.07, 6.45) is 1.54. The van der Waals surface area contributed by atoms with Gasteiger partial charge in [0.05, 0.1) is 13.2 Å². The number of ether oxygens (including phenoxy) is 1. The van der Waals surface area contributed by atoms with Crippen LogP contribution >= 0.6 is 0 Å². The van der Waals surface area contributed by atoms with Crippen LogP contribution in [0.4, 0.5) is 0 Å². The molecule has 0 aliphatic rings. The SMILES string of the molecule is COc1ncccc1C(=O)N(C)C(C)C#N. The Labute approximate surface area is 94.3 Å². The number of pyridine rings is 1. The highest BCUT2D eigenvalue weighted by atomic mass is 16.5. The van der Waals surface area contributed by atoms with Gasteiger partial charge in [0.2, 0.25) is 5.88 Å². The first-order valence-electron chi connectivity index (χ1n) is 4.77. The summed E-state index contributed by atoms with van der Waals surface area (Å²) >= 11 is 0. The molecule has 1 aromatic heterocycles. The van der Waals surface area contributed by atoms with Gasteiger partial charge in [-0.1, -0.05) is 0 Å². The average Bonchev–Trinajstić information content (AvgIpc) is 2.35. The second-order valence-corrected chi connectivity index (χ2v) is 3.28. The molecule has 1 atom stereocenters. The zero-order chi connectivity index (χ0) is 12.1. The van der Waals surface area contributed by atoms with Gasteiger partial charge in [-0.3, -0.25) is 4.79 Å². The van der Waals surface area contributed by atoms with Crippen molar-refractivity contribution in [3.05, 3.63) is 23.9 Å². The topological polar surface area (TPSA) is 66.2 Å². The Kier molecular flexibility index (Phi) is 3.84. The number of aromatic nitrogens is 1. The molecule has 0 aliphatic heterocycles. The summed E-state index contributed by atoms with van der Waals surface area (Å²) in [7, 11) is 3.02. The van der Waals surface area contributed by atoms with Crippen molar-refractivity contribution < 1.29 is 9.53 Å². The van der Waals surface area contributed by atoms with Gasteiger partial charge in [-0.2, -0.15) is 5.26 Å². The number of amides is 1. The van der Waals surface area contributed by atoms with E-state index in [1.165, 1.54) is 12.0 Å². The van der Waals surface area contributed by atoms with Crippen molar-refractivity contribution in [2.75, 3.05) is 14.2 Å². The molecule has 84 valence electrons. The molecule has 0 spiro atoms.